The highest BCUT2D eigenvalue weighted by Crippen LogP contribution is 2.40. The van der Waals surface area contributed by atoms with Gasteiger partial charge in [-0.25, -0.2) is 4.98 Å². The molecular weight excluding hydrogens is 376 g/mol. The molecule has 2 aliphatic rings. The van der Waals surface area contributed by atoms with Crippen LogP contribution in [0.4, 0.5) is 0 Å². The van der Waals surface area contributed by atoms with E-state index in [1.54, 1.807) is 18.4 Å². The number of fused-ring (bicyclic) bond motifs is 1. The van der Waals surface area contributed by atoms with Crippen LogP contribution in [0.2, 0.25) is 0 Å². The lowest BCUT2D eigenvalue weighted by Gasteiger charge is -2.38. The minimum atomic E-state index is -0.0331. The van der Waals surface area contributed by atoms with Crippen molar-refractivity contribution < 1.29 is 14.2 Å². The van der Waals surface area contributed by atoms with Crippen molar-refractivity contribution in [1.29, 1.82) is 0 Å². The molecule has 0 aliphatic carbocycles. The Hall–Kier alpha value is -2.32. The van der Waals surface area contributed by atoms with Crippen LogP contribution in [0, 0.1) is 6.92 Å². The van der Waals surface area contributed by atoms with Crippen molar-refractivity contribution in [1.82, 2.24) is 15.6 Å². The first-order chi connectivity index (χ1) is 13.7. The van der Waals surface area contributed by atoms with Crippen LogP contribution in [0.25, 0.3) is 0 Å². The predicted octanol–water partition coefficient (Wildman–Crippen LogP) is 2.59. The highest BCUT2D eigenvalue weighted by molar-refractivity contribution is 7.11. The molecule has 0 radical (unpaired) electrons. The summed E-state index contributed by atoms with van der Waals surface area (Å²) in [6, 6.07) is 6.27. The Morgan fingerprint density at radius 3 is 2.79 bits per heavy atom. The Kier molecular flexibility index (Phi) is 5.68. The Morgan fingerprint density at radius 2 is 2.04 bits per heavy atom. The number of thiazole rings is 1. The summed E-state index contributed by atoms with van der Waals surface area (Å²) < 4.78 is 16.7. The van der Waals surface area contributed by atoms with Crippen LogP contribution in [-0.2, 0) is 16.7 Å². The van der Waals surface area contributed by atoms with E-state index in [0.717, 1.165) is 55.1 Å². The summed E-state index contributed by atoms with van der Waals surface area (Å²) in [5.41, 5.74) is 1.22. The number of ether oxygens (including phenoxy) is 3. The van der Waals surface area contributed by atoms with Crippen molar-refractivity contribution in [3.63, 3.8) is 0 Å². The molecule has 2 aliphatic heterocycles. The number of aliphatic imine (C=N–C) groups is 1. The van der Waals surface area contributed by atoms with E-state index in [2.05, 4.69) is 39.7 Å². The van der Waals surface area contributed by atoms with E-state index in [9.17, 15) is 0 Å². The van der Waals surface area contributed by atoms with E-state index in [0.29, 0.717) is 13.3 Å². The molecular formula is C20H26N4O3S. The van der Waals surface area contributed by atoms with E-state index in [1.165, 1.54) is 10.4 Å². The highest BCUT2D eigenvalue weighted by Gasteiger charge is 2.35. The Balaban J connectivity index is 1.45. The van der Waals surface area contributed by atoms with Gasteiger partial charge in [-0.2, -0.15) is 0 Å². The number of nitrogens with zero attached hydrogens (tertiary/aromatic N) is 2. The summed E-state index contributed by atoms with van der Waals surface area (Å²) in [5.74, 6) is 2.42. The first-order valence-electron chi connectivity index (χ1n) is 9.52. The second kappa shape index (κ2) is 8.36. The van der Waals surface area contributed by atoms with Crippen molar-refractivity contribution in [2.24, 2.45) is 4.99 Å². The van der Waals surface area contributed by atoms with Crippen LogP contribution in [-0.4, -0.2) is 44.5 Å². The molecule has 0 bridgehead atoms. The van der Waals surface area contributed by atoms with E-state index >= 15 is 0 Å². The standard InChI is InChI=1S/C20H26N4O3S/c1-14-10-22-18(28-14)11-23-19(21-2)24-12-20(5-7-25-8-6-20)15-3-4-16-17(9-15)27-13-26-16/h3-4,9-10H,5-8,11-13H2,1-2H3,(H2,21,23,24). The number of hydrogen-bond donors (Lipinski definition) is 2. The zero-order valence-electron chi connectivity index (χ0n) is 16.3. The number of rotatable bonds is 5. The van der Waals surface area contributed by atoms with Crippen molar-refractivity contribution in [2.75, 3.05) is 33.6 Å². The highest BCUT2D eigenvalue weighted by atomic mass is 32.1. The van der Waals surface area contributed by atoms with Crippen molar-refractivity contribution in [2.45, 2.75) is 31.7 Å². The zero-order chi connectivity index (χ0) is 19.4. The molecule has 1 saturated heterocycles. The molecule has 0 unspecified atom stereocenters. The molecule has 2 aromatic rings. The number of aromatic nitrogens is 1. The molecule has 0 saturated carbocycles. The molecule has 0 amide bonds. The molecule has 1 aromatic carbocycles. The van der Waals surface area contributed by atoms with Gasteiger partial charge in [0.05, 0.1) is 6.54 Å². The molecule has 3 heterocycles. The molecule has 8 heteroatoms. The van der Waals surface area contributed by atoms with Gasteiger partial charge in [0.1, 0.15) is 5.01 Å². The van der Waals surface area contributed by atoms with E-state index in [1.807, 2.05) is 12.3 Å². The predicted molar refractivity (Wildman–Crippen MR) is 109 cm³/mol. The van der Waals surface area contributed by atoms with Crippen LogP contribution < -0.4 is 20.1 Å². The number of benzene rings is 1. The summed E-state index contributed by atoms with van der Waals surface area (Å²) in [4.78, 5) is 9.98. The topological polar surface area (TPSA) is 77.0 Å². The summed E-state index contributed by atoms with van der Waals surface area (Å²) in [6.45, 7) is 5.29. The molecule has 2 N–H and O–H groups in total. The fraction of sp³-hybridized carbons (Fsp3) is 0.500. The molecule has 0 spiro atoms. The summed E-state index contributed by atoms with van der Waals surface area (Å²) >= 11 is 1.70. The first kappa shape index (κ1) is 19.0. The van der Waals surface area contributed by atoms with Crippen LogP contribution in [0.15, 0.2) is 29.4 Å². The van der Waals surface area contributed by atoms with Crippen LogP contribution >= 0.6 is 11.3 Å². The summed E-state index contributed by atoms with van der Waals surface area (Å²) in [6.07, 6.45) is 3.79. The average molecular weight is 403 g/mol. The Morgan fingerprint density at radius 1 is 1.21 bits per heavy atom. The van der Waals surface area contributed by atoms with Gasteiger partial charge in [-0.05, 0) is 37.5 Å². The number of aryl methyl sites for hydroxylation is 1. The number of hydrogen-bond acceptors (Lipinski definition) is 6. The monoisotopic (exact) mass is 402 g/mol. The fourth-order valence-electron chi connectivity index (χ4n) is 3.67. The van der Waals surface area contributed by atoms with E-state index in [4.69, 9.17) is 14.2 Å². The maximum Gasteiger partial charge on any atom is 0.231 e. The smallest absolute Gasteiger partial charge is 0.231 e. The van der Waals surface area contributed by atoms with Crippen LogP contribution in [0.5, 0.6) is 11.5 Å². The van der Waals surface area contributed by atoms with Gasteiger partial charge < -0.3 is 24.8 Å². The zero-order valence-corrected chi connectivity index (χ0v) is 17.1. The summed E-state index contributed by atoms with van der Waals surface area (Å²) in [7, 11) is 1.79. The maximum absolute atomic E-state index is 5.64. The SMILES string of the molecule is CN=C(NCc1ncc(C)s1)NCC1(c2ccc3c(c2)OCO3)CCOCC1. The van der Waals surface area contributed by atoms with Crippen molar-refractivity contribution >= 4 is 17.3 Å². The Labute approximate surface area is 169 Å². The Bertz CT molecular complexity index is 846. The molecule has 28 heavy (non-hydrogen) atoms. The van der Waals surface area contributed by atoms with Crippen LogP contribution in [0.1, 0.15) is 28.3 Å². The minimum Gasteiger partial charge on any atom is -0.454 e. The normalized spacial score (nSPS) is 18.1. The van der Waals surface area contributed by atoms with Crippen LogP contribution in [0.3, 0.4) is 0 Å². The van der Waals surface area contributed by atoms with Gasteiger partial charge in [-0.15, -0.1) is 11.3 Å². The van der Waals surface area contributed by atoms with Gasteiger partial charge in [0.15, 0.2) is 17.5 Å². The molecule has 150 valence electrons. The maximum atomic E-state index is 5.64. The molecule has 4 rings (SSSR count). The summed E-state index contributed by atoms with van der Waals surface area (Å²) in [5, 5.41) is 7.92. The second-order valence-corrected chi connectivity index (χ2v) is 8.42. The quantitative estimate of drug-likeness (QED) is 0.591. The van der Waals surface area contributed by atoms with Crippen molar-refractivity contribution in [3.05, 3.63) is 39.8 Å². The van der Waals surface area contributed by atoms with Gasteiger partial charge in [0.2, 0.25) is 6.79 Å². The third-order valence-electron chi connectivity index (χ3n) is 5.33. The first-order valence-corrected chi connectivity index (χ1v) is 10.3. The molecule has 0 atom stereocenters. The molecule has 7 nitrogen and oxygen atoms in total. The van der Waals surface area contributed by atoms with E-state index < -0.39 is 0 Å². The third-order valence-corrected chi connectivity index (χ3v) is 6.24. The third kappa shape index (κ3) is 4.07. The largest absolute Gasteiger partial charge is 0.454 e. The van der Waals surface area contributed by atoms with Gasteiger partial charge in [-0.3, -0.25) is 4.99 Å². The van der Waals surface area contributed by atoms with Gasteiger partial charge in [0, 0.05) is 43.3 Å². The van der Waals surface area contributed by atoms with Crippen molar-refractivity contribution in [3.8, 4) is 11.5 Å². The number of nitrogens with one attached hydrogen (secondary N) is 2. The molecule has 1 fully saturated rings. The van der Waals surface area contributed by atoms with Gasteiger partial charge in [-0.1, -0.05) is 6.07 Å². The molecule has 1 aromatic heterocycles. The average Bonchev–Trinajstić information content (AvgIpc) is 3.37. The van der Waals surface area contributed by atoms with E-state index in [-0.39, 0.29) is 5.41 Å². The minimum absolute atomic E-state index is 0.0331. The number of guanidine groups is 1. The fourth-order valence-corrected chi connectivity index (χ4v) is 4.40. The second-order valence-electron chi connectivity index (χ2n) is 7.10. The van der Waals surface area contributed by atoms with Gasteiger partial charge >= 0.3 is 0 Å². The lowest BCUT2D eigenvalue weighted by atomic mass is 9.74. The lowest BCUT2D eigenvalue weighted by Crippen LogP contribution is -2.47. The van der Waals surface area contributed by atoms with Gasteiger partial charge in [0.25, 0.3) is 0 Å². The lowest BCUT2D eigenvalue weighted by molar-refractivity contribution is 0.0513.